The number of carbonyl (C=O) groups is 1. The molecular weight excluding hydrogens is 412 g/mol. The summed E-state index contributed by atoms with van der Waals surface area (Å²) < 4.78 is 6.65. The van der Waals surface area contributed by atoms with Gasteiger partial charge in [0.15, 0.2) is 0 Å². The minimum Gasteiger partial charge on any atom is -0.481 e. The van der Waals surface area contributed by atoms with E-state index in [2.05, 4.69) is 34.3 Å². The zero-order chi connectivity index (χ0) is 24.4. The standard InChI is InChI=1S/C29H48O4/c1-18(2)19-8-9-21-20(27(19,5)16-14-25(30)31)10-11-22-23(12-15-28(21,22)6)29(7)17-13-24(33-29)26(3,4)32/h19-24,32H,1,8-17H2,2-7H3,(H,30,31)/t19-,20+,21-,22-,23+,24+,27+,28-,29+/m1/s1. The Morgan fingerprint density at radius 3 is 2.15 bits per heavy atom. The van der Waals surface area contributed by atoms with Crippen LogP contribution in [0.2, 0.25) is 0 Å². The number of aliphatic hydroxyl groups is 1. The van der Waals surface area contributed by atoms with Gasteiger partial charge in [0.05, 0.1) is 17.3 Å². The third-order valence-electron chi connectivity index (χ3n) is 11.2. The van der Waals surface area contributed by atoms with Crippen molar-refractivity contribution in [1.29, 1.82) is 0 Å². The Hall–Kier alpha value is -0.870. The zero-order valence-corrected chi connectivity index (χ0v) is 22.0. The monoisotopic (exact) mass is 460 g/mol. The predicted molar refractivity (Wildman–Crippen MR) is 132 cm³/mol. The molecule has 0 radical (unpaired) electrons. The molecule has 2 N–H and O–H groups in total. The van der Waals surface area contributed by atoms with Gasteiger partial charge in [0.2, 0.25) is 0 Å². The van der Waals surface area contributed by atoms with Gasteiger partial charge in [0.1, 0.15) is 0 Å². The summed E-state index contributed by atoms with van der Waals surface area (Å²) in [6, 6.07) is 0. The quantitative estimate of drug-likeness (QED) is 0.438. The van der Waals surface area contributed by atoms with Gasteiger partial charge in [-0.3, -0.25) is 4.79 Å². The second-order valence-electron chi connectivity index (χ2n) is 13.5. The number of hydrogen-bond donors (Lipinski definition) is 2. The third kappa shape index (κ3) is 4.11. The average molecular weight is 461 g/mol. The fourth-order valence-corrected chi connectivity index (χ4v) is 9.49. The van der Waals surface area contributed by atoms with Crippen LogP contribution in [-0.2, 0) is 9.53 Å². The molecule has 4 nitrogen and oxygen atoms in total. The molecule has 0 amide bonds. The van der Waals surface area contributed by atoms with Crippen molar-refractivity contribution >= 4 is 5.97 Å². The molecule has 0 aromatic rings. The number of fused-ring (bicyclic) bond motifs is 3. The molecular formula is C29H48O4. The third-order valence-corrected chi connectivity index (χ3v) is 11.2. The van der Waals surface area contributed by atoms with Crippen molar-refractivity contribution in [1.82, 2.24) is 0 Å². The van der Waals surface area contributed by atoms with Crippen molar-refractivity contribution in [3.05, 3.63) is 12.2 Å². The molecule has 4 rings (SSSR count). The van der Waals surface area contributed by atoms with Gasteiger partial charge in [0, 0.05) is 6.42 Å². The first-order valence-electron chi connectivity index (χ1n) is 13.5. The van der Waals surface area contributed by atoms with Crippen LogP contribution in [0, 0.1) is 40.4 Å². The Labute approximate surface area is 201 Å². The van der Waals surface area contributed by atoms with E-state index >= 15 is 0 Å². The van der Waals surface area contributed by atoms with Gasteiger partial charge in [0.25, 0.3) is 0 Å². The number of carboxylic acids is 1. The number of aliphatic carboxylic acids is 1. The first-order valence-corrected chi connectivity index (χ1v) is 13.5. The Kier molecular flexibility index (Phi) is 6.39. The first kappa shape index (κ1) is 25.2. The molecule has 9 atom stereocenters. The molecule has 3 aliphatic carbocycles. The highest BCUT2D eigenvalue weighted by Crippen LogP contribution is 2.69. The predicted octanol–water partition coefficient (Wildman–Crippen LogP) is 6.61. The highest BCUT2D eigenvalue weighted by molar-refractivity contribution is 5.66. The van der Waals surface area contributed by atoms with Crippen LogP contribution in [0.5, 0.6) is 0 Å². The van der Waals surface area contributed by atoms with Crippen LogP contribution in [0.1, 0.15) is 106 Å². The van der Waals surface area contributed by atoms with Crippen molar-refractivity contribution < 1.29 is 19.7 Å². The fourth-order valence-electron chi connectivity index (χ4n) is 9.49. The topological polar surface area (TPSA) is 66.8 Å². The normalized spacial score (nSPS) is 47.7. The SMILES string of the molecule is C=C(C)[C@H]1CC[C@@H]2[C@H](CC[C@@H]3[C@@H]([C@]4(C)CC[C@@H](C(C)(C)O)O4)CC[C@]23C)[C@@]1(C)CCC(=O)O. The Bertz CT molecular complexity index is 783. The minimum absolute atomic E-state index is 0.0268. The molecule has 1 saturated heterocycles. The lowest BCUT2D eigenvalue weighted by molar-refractivity contribution is -0.158. The average Bonchev–Trinajstić information content (AvgIpc) is 3.28. The van der Waals surface area contributed by atoms with E-state index in [1.54, 1.807) is 0 Å². The lowest BCUT2D eigenvalue weighted by Gasteiger charge is -2.61. The van der Waals surface area contributed by atoms with E-state index in [0.717, 1.165) is 25.7 Å². The minimum atomic E-state index is -0.787. The van der Waals surface area contributed by atoms with E-state index in [1.807, 2.05) is 13.8 Å². The lowest BCUT2D eigenvalue weighted by Crippen LogP contribution is -2.54. The van der Waals surface area contributed by atoms with Crippen molar-refractivity contribution in [3.63, 3.8) is 0 Å². The maximum Gasteiger partial charge on any atom is 0.303 e. The number of rotatable bonds is 6. The van der Waals surface area contributed by atoms with E-state index in [-0.39, 0.29) is 23.5 Å². The first-order chi connectivity index (χ1) is 15.2. The van der Waals surface area contributed by atoms with Crippen LogP contribution >= 0.6 is 0 Å². The summed E-state index contributed by atoms with van der Waals surface area (Å²) in [5.41, 5.74) is 0.643. The summed E-state index contributed by atoms with van der Waals surface area (Å²) in [6.07, 6.45) is 10.2. The fraction of sp³-hybridized carbons (Fsp3) is 0.897. The van der Waals surface area contributed by atoms with Crippen molar-refractivity contribution in [2.45, 2.75) is 123 Å². The molecule has 4 fully saturated rings. The molecule has 0 unspecified atom stereocenters. The van der Waals surface area contributed by atoms with E-state index in [0.29, 0.717) is 35.0 Å². The van der Waals surface area contributed by atoms with Gasteiger partial charge in [-0.15, -0.1) is 0 Å². The molecule has 0 aromatic heterocycles. The number of hydrogen-bond acceptors (Lipinski definition) is 3. The lowest BCUT2D eigenvalue weighted by atomic mass is 9.44. The van der Waals surface area contributed by atoms with Crippen LogP contribution in [0.25, 0.3) is 0 Å². The molecule has 4 aliphatic rings. The van der Waals surface area contributed by atoms with Crippen LogP contribution in [0.4, 0.5) is 0 Å². The molecule has 0 bridgehead atoms. The smallest absolute Gasteiger partial charge is 0.303 e. The van der Waals surface area contributed by atoms with E-state index in [4.69, 9.17) is 4.74 Å². The Balaban J connectivity index is 1.59. The van der Waals surface area contributed by atoms with Crippen molar-refractivity contribution in [3.8, 4) is 0 Å². The molecule has 0 spiro atoms. The van der Waals surface area contributed by atoms with Crippen LogP contribution in [0.3, 0.4) is 0 Å². The van der Waals surface area contributed by atoms with Gasteiger partial charge in [-0.25, -0.2) is 0 Å². The Morgan fingerprint density at radius 2 is 1.58 bits per heavy atom. The largest absolute Gasteiger partial charge is 0.481 e. The highest BCUT2D eigenvalue weighted by Gasteiger charge is 2.63. The summed E-state index contributed by atoms with van der Waals surface area (Å²) in [4.78, 5) is 11.5. The number of allylic oxidation sites excluding steroid dienone is 1. The molecule has 1 aliphatic heterocycles. The van der Waals surface area contributed by atoms with Gasteiger partial charge < -0.3 is 14.9 Å². The van der Waals surface area contributed by atoms with Gasteiger partial charge in [-0.1, -0.05) is 26.0 Å². The van der Waals surface area contributed by atoms with Crippen molar-refractivity contribution in [2.75, 3.05) is 0 Å². The molecule has 188 valence electrons. The van der Waals surface area contributed by atoms with Crippen LogP contribution in [-0.4, -0.2) is 33.5 Å². The molecule has 1 heterocycles. The van der Waals surface area contributed by atoms with E-state index < -0.39 is 11.6 Å². The summed E-state index contributed by atoms with van der Waals surface area (Å²) in [6.45, 7) is 17.5. The van der Waals surface area contributed by atoms with Gasteiger partial charge in [-0.05, 0) is 126 Å². The number of ether oxygens (including phenoxy) is 1. The highest BCUT2D eigenvalue weighted by atomic mass is 16.5. The second-order valence-corrected chi connectivity index (χ2v) is 13.5. The summed E-state index contributed by atoms with van der Waals surface area (Å²) >= 11 is 0. The number of carboxylic acid groups (broad SMARTS) is 1. The molecule has 33 heavy (non-hydrogen) atoms. The molecule has 3 saturated carbocycles. The zero-order valence-electron chi connectivity index (χ0n) is 22.0. The van der Waals surface area contributed by atoms with E-state index in [1.165, 1.54) is 37.7 Å². The van der Waals surface area contributed by atoms with Crippen molar-refractivity contribution in [2.24, 2.45) is 40.4 Å². The molecule has 0 aromatic carbocycles. The van der Waals surface area contributed by atoms with E-state index in [9.17, 15) is 15.0 Å². The maximum absolute atomic E-state index is 11.5. The van der Waals surface area contributed by atoms with Gasteiger partial charge >= 0.3 is 5.97 Å². The second kappa shape index (κ2) is 8.36. The maximum atomic E-state index is 11.5. The summed E-state index contributed by atoms with van der Waals surface area (Å²) in [5.74, 6) is 2.21. The van der Waals surface area contributed by atoms with Gasteiger partial charge in [-0.2, -0.15) is 0 Å². The van der Waals surface area contributed by atoms with Crippen LogP contribution < -0.4 is 0 Å². The summed E-state index contributed by atoms with van der Waals surface area (Å²) in [5, 5.41) is 20.1. The summed E-state index contributed by atoms with van der Waals surface area (Å²) in [7, 11) is 0. The van der Waals surface area contributed by atoms with Crippen LogP contribution in [0.15, 0.2) is 12.2 Å². The Morgan fingerprint density at radius 1 is 0.970 bits per heavy atom. The molecule has 4 heteroatoms.